The van der Waals surface area contributed by atoms with Crippen molar-refractivity contribution in [2.24, 2.45) is 0 Å². The highest BCUT2D eigenvalue weighted by Gasteiger charge is 2.35. The van der Waals surface area contributed by atoms with E-state index in [1.165, 1.54) is 19.2 Å². The molecule has 1 N–H and O–H groups in total. The Morgan fingerprint density at radius 2 is 2.00 bits per heavy atom. The van der Waals surface area contributed by atoms with Gasteiger partial charge in [0.15, 0.2) is 0 Å². The normalized spacial score (nSPS) is 13.6. The van der Waals surface area contributed by atoms with Gasteiger partial charge in [0.05, 0.1) is 18.8 Å². The summed E-state index contributed by atoms with van der Waals surface area (Å²) in [5.74, 6) is 0.124. The molecule has 0 saturated heterocycles. The average Bonchev–Trinajstić information content (AvgIpc) is 2.26. The lowest BCUT2D eigenvalue weighted by molar-refractivity contribution is -0.139. The van der Waals surface area contributed by atoms with E-state index in [0.29, 0.717) is 0 Å². The minimum atomic E-state index is -4.49. The van der Waals surface area contributed by atoms with E-state index in [4.69, 9.17) is 4.74 Å². The Morgan fingerprint density at radius 1 is 1.38 bits per heavy atom. The third kappa shape index (κ3) is 2.66. The largest absolute Gasteiger partial charge is 0.497 e. The first kappa shape index (κ1) is 12.8. The maximum atomic E-state index is 12.7. The van der Waals surface area contributed by atoms with Crippen LogP contribution in [0.15, 0.2) is 18.2 Å². The average molecular weight is 234 g/mol. The van der Waals surface area contributed by atoms with Crippen molar-refractivity contribution in [1.29, 1.82) is 0 Å². The molecule has 0 aliphatic heterocycles. The van der Waals surface area contributed by atoms with Gasteiger partial charge in [-0.3, -0.25) is 0 Å². The molecule has 5 heteroatoms. The maximum absolute atomic E-state index is 12.7. The second-order valence-corrected chi connectivity index (χ2v) is 3.37. The van der Waals surface area contributed by atoms with Crippen molar-refractivity contribution in [3.8, 4) is 5.75 Å². The zero-order valence-electron chi connectivity index (χ0n) is 9.01. The number of rotatable bonds is 3. The van der Waals surface area contributed by atoms with Crippen LogP contribution in [0.5, 0.6) is 5.75 Å². The molecule has 0 heterocycles. The summed E-state index contributed by atoms with van der Waals surface area (Å²) in [6.07, 6.45) is -5.36. The van der Waals surface area contributed by atoms with Gasteiger partial charge >= 0.3 is 6.18 Å². The van der Waals surface area contributed by atoms with E-state index in [1.54, 1.807) is 6.92 Å². The van der Waals surface area contributed by atoms with Crippen LogP contribution >= 0.6 is 0 Å². The molecule has 1 atom stereocenters. The van der Waals surface area contributed by atoms with Gasteiger partial charge in [-0.15, -0.1) is 0 Å². The molecule has 2 nitrogen and oxygen atoms in total. The molecule has 0 aromatic heterocycles. The number of aliphatic hydroxyl groups is 1. The Labute approximate surface area is 91.7 Å². The van der Waals surface area contributed by atoms with Crippen LogP contribution in [0.1, 0.15) is 30.6 Å². The Kier molecular flexibility index (Phi) is 3.80. The first-order valence-electron chi connectivity index (χ1n) is 4.83. The molecule has 1 unspecified atom stereocenters. The monoisotopic (exact) mass is 234 g/mol. The van der Waals surface area contributed by atoms with Crippen LogP contribution in [-0.2, 0) is 6.18 Å². The Morgan fingerprint density at radius 3 is 2.44 bits per heavy atom. The van der Waals surface area contributed by atoms with Crippen LogP contribution in [0, 0.1) is 0 Å². The summed E-state index contributed by atoms with van der Waals surface area (Å²) in [6.45, 7) is 1.62. The summed E-state index contributed by atoms with van der Waals surface area (Å²) in [4.78, 5) is 0. The molecule has 0 aliphatic rings. The molecule has 0 fully saturated rings. The van der Waals surface area contributed by atoms with Gasteiger partial charge in [-0.25, -0.2) is 0 Å². The highest BCUT2D eigenvalue weighted by molar-refractivity contribution is 5.38. The summed E-state index contributed by atoms with van der Waals surface area (Å²) in [5.41, 5.74) is -0.961. The number of benzene rings is 1. The second kappa shape index (κ2) is 4.74. The molecule has 0 aliphatic carbocycles. The smallest absolute Gasteiger partial charge is 0.416 e. The van der Waals surface area contributed by atoms with Crippen LogP contribution in [-0.4, -0.2) is 12.2 Å². The fourth-order valence-electron chi connectivity index (χ4n) is 1.42. The van der Waals surface area contributed by atoms with Gasteiger partial charge in [0.1, 0.15) is 5.75 Å². The number of alkyl halides is 3. The summed E-state index contributed by atoms with van der Waals surface area (Å²) >= 11 is 0. The molecule has 0 radical (unpaired) electrons. The van der Waals surface area contributed by atoms with E-state index in [0.717, 1.165) is 6.07 Å². The zero-order valence-corrected chi connectivity index (χ0v) is 9.01. The number of methoxy groups -OCH3 is 1. The first-order valence-corrected chi connectivity index (χ1v) is 4.83. The Hall–Kier alpha value is -1.23. The van der Waals surface area contributed by atoms with Crippen molar-refractivity contribution in [3.63, 3.8) is 0 Å². The first-order chi connectivity index (χ1) is 7.40. The van der Waals surface area contributed by atoms with Gasteiger partial charge < -0.3 is 9.84 Å². The summed E-state index contributed by atoms with van der Waals surface area (Å²) in [7, 11) is 1.30. The lowest BCUT2D eigenvalue weighted by Gasteiger charge is -2.17. The highest BCUT2D eigenvalue weighted by Crippen LogP contribution is 2.37. The molecule has 1 rings (SSSR count). The van der Waals surface area contributed by atoms with Gasteiger partial charge in [-0.05, 0) is 24.1 Å². The van der Waals surface area contributed by atoms with Crippen LogP contribution in [0.4, 0.5) is 13.2 Å². The number of hydrogen-bond donors (Lipinski definition) is 1. The van der Waals surface area contributed by atoms with Crippen molar-refractivity contribution in [2.45, 2.75) is 25.6 Å². The van der Waals surface area contributed by atoms with Gasteiger partial charge in [0.25, 0.3) is 0 Å². The van der Waals surface area contributed by atoms with Gasteiger partial charge in [0, 0.05) is 0 Å². The van der Waals surface area contributed by atoms with E-state index in [-0.39, 0.29) is 17.7 Å². The molecule has 1 aromatic rings. The van der Waals surface area contributed by atoms with Crippen LogP contribution in [0.25, 0.3) is 0 Å². The topological polar surface area (TPSA) is 29.5 Å². The summed E-state index contributed by atoms with van der Waals surface area (Å²) < 4.78 is 42.8. The van der Waals surface area contributed by atoms with Crippen LogP contribution in [0.2, 0.25) is 0 Å². The minimum absolute atomic E-state index is 0.115. The molecule has 90 valence electrons. The van der Waals surface area contributed by atoms with E-state index in [2.05, 4.69) is 0 Å². The number of aliphatic hydroxyl groups excluding tert-OH is 1. The number of hydrogen-bond acceptors (Lipinski definition) is 2. The molecule has 0 amide bonds. The summed E-state index contributed by atoms with van der Waals surface area (Å²) in [6, 6.07) is 3.55. The third-order valence-corrected chi connectivity index (χ3v) is 2.31. The highest BCUT2D eigenvalue weighted by atomic mass is 19.4. The van der Waals surface area contributed by atoms with E-state index >= 15 is 0 Å². The minimum Gasteiger partial charge on any atom is -0.497 e. The maximum Gasteiger partial charge on any atom is 0.416 e. The molecule has 0 bridgehead atoms. The quantitative estimate of drug-likeness (QED) is 0.870. The number of ether oxygens (including phenoxy) is 1. The van der Waals surface area contributed by atoms with E-state index < -0.39 is 17.8 Å². The number of halogens is 3. The van der Waals surface area contributed by atoms with Crippen molar-refractivity contribution in [2.75, 3.05) is 7.11 Å². The molecule has 16 heavy (non-hydrogen) atoms. The fraction of sp³-hybridized carbons (Fsp3) is 0.455. The summed E-state index contributed by atoms with van der Waals surface area (Å²) in [5, 5.41) is 9.50. The second-order valence-electron chi connectivity index (χ2n) is 3.37. The van der Waals surface area contributed by atoms with Crippen molar-refractivity contribution < 1.29 is 23.0 Å². The molecule has 1 aromatic carbocycles. The van der Waals surface area contributed by atoms with Crippen molar-refractivity contribution in [1.82, 2.24) is 0 Å². The Bertz CT molecular complexity index is 361. The lowest BCUT2D eigenvalue weighted by atomic mass is 10.00. The van der Waals surface area contributed by atoms with Crippen molar-refractivity contribution in [3.05, 3.63) is 29.3 Å². The molecule has 0 spiro atoms. The van der Waals surface area contributed by atoms with E-state index in [9.17, 15) is 18.3 Å². The Balaban J connectivity index is 3.27. The molecule has 0 saturated carbocycles. The fourth-order valence-corrected chi connectivity index (χ4v) is 1.42. The van der Waals surface area contributed by atoms with Gasteiger partial charge in [-0.2, -0.15) is 13.2 Å². The SMILES string of the molecule is CCC(O)c1ccc(OC)cc1C(F)(F)F. The third-order valence-electron chi connectivity index (χ3n) is 2.31. The lowest BCUT2D eigenvalue weighted by Crippen LogP contribution is -2.12. The predicted molar refractivity (Wildman–Crippen MR) is 53.2 cm³/mol. The zero-order chi connectivity index (χ0) is 12.3. The van der Waals surface area contributed by atoms with Gasteiger partial charge in [-0.1, -0.05) is 13.0 Å². The molecular weight excluding hydrogens is 221 g/mol. The standard InChI is InChI=1S/C11H13F3O2/c1-3-10(15)8-5-4-7(16-2)6-9(8)11(12,13)14/h4-6,10,15H,3H2,1-2H3. The van der Waals surface area contributed by atoms with Crippen molar-refractivity contribution >= 4 is 0 Å². The van der Waals surface area contributed by atoms with E-state index in [1.807, 2.05) is 0 Å². The van der Waals surface area contributed by atoms with Gasteiger partial charge in [0.2, 0.25) is 0 Å². The predicted octanol–water partition coefficient (Wildman–Crippen LogP) is 3.16. The van der Waals surface area contributed by atoms with Crippen LogP contribution < -0.4 is 4.74 Å². The van der Waals surface area contributed by atoms with Crippen LogP contribution in [0.3, 0.4) is 0 Å². The molecular formula is C11H13F3O2.